The SMILES string of the molecule is O=C1S/C(=C\c2ccc(N3CCOCC3)c([N+](=O)[O-])c2)C(=O)N1CCOc1cccc2ccccc12. The molecule has 0 aliphatic carbocycles. The molecule has 0 radical (unpaired) electrons. The summed E-state index contributed by atoms with van der Waals surface area (Å²) in [7, 11) is 0. The summed E-state index contributed by atoms with van der Waals surface area (Å²) in [6.07, 6.45) is 1.52. The minimum atomic E-state index is -0.438. The molecule has 2 saturated heterocycles. The molecule has 2 amide bonds. The number of hydrogen-bond acceptors (Lipinski definition) is 8. The van der Waals surface area contributed by atoms with Crippen LogP contribution in [0.2, 0.25) is 0 Å². The Kier molecular flexibility index (Phi) is 6.88. The van der Waals surface area contributed by atoms with E-state index in [9.17, 15) is 19.7 Å². The van der Waals surface area contributed by atoms with E-state index < -0.39 is 16.1 Å². The van der Waals surface area contributed by atoms with Crippen LogP contribution in [0.1, 0.15) is 5.56 Å². The van der Waals surface area contributed by atoms with E-state index >= 15 is 0 Å². The summed E-state index contributed by atoms with van der Waals surface area (Å²) in [6.45, 7) is 2.41. The van der Waals surface area contributed by atoms with Gasteiger partial charge in [-0.1, -0.05) is 42.5 Å². The predicted octanol–water partition coefficient (Wildman–Crippen LogP) is 4.70. The third-order valence-corrected chi connectivity index (χ3v) is 6.95. The smallest absolute Gasteiger partial charge is 0.293 e. The molecule has 3 aromatic carbocycles. The van der Waals surface area contributed by atoms with E-state index in [0.29, 0.717) is 43.3 Å². The lowest BCUT2D eigenvalue weighted by molar-refractivity contribution is -0.384. The largest absolute Gasteiger partial charge is 0.491 e. The molecule has 2 aliphatic heterocycles. The van der Waals surface area contributed by atoms with Gasteiger partial charge in [0, 0.05) is 24.5 Å². The van der Waals surface area contributed by atoms with E-state index in [-0.39, 0.29) is 23.7 Å². The van der Waals surface area contributed by atoms with Crippen LogP contribution >= 0.6 is 11.8 Å². The van der Waals surface area contributed by atoms with Gasteiger partial charge in [0.05, 0.1) is 29.6 Å². The number of nitro benzene ring substituents is 1. The Bertz CT molecular complexity index is 1360. The monoisotopic (exact) mass is 505 g/mol. The maximum Gasteiger partial charge on any atom is 0.293 e. The van der Waals surface area contributed by atoms with Gasteiger partial charge < -0.3 is 14.4 Å². The van der Waals surface area contributed by atoms with Gasteiger partial charge in [0.15, 0.2) is 0 Å². The highest BCUT2D eigenvalue weighted by molar-refractivity contribution is 8.18. The Hall–Kier alpha value is -3.89. The van der Waals surface area contributed by atoms with E-state index in [4.69, 9.17) is 9.47 Å². The van der Waals surface area contributed by atoms with Crippen LogP contribution < -0.4 is 9.64 Å². The number of carbonyl (C=O) groups excluding carboxylic acids is 2. The molecule has 3 aromatic rings. The number of benzene rings is 3. The summed E-state index contributed by atoms with van der Waals surface area (Å²) in [5, 5.41) is 13.3. The average Bonchev–Trinajstić information content (AvgIpc) is 3.16. The van der Waals surface area contributed by atoms with Crippen LogP contribution in [-0.2, 0) is 9.53 Å². The van der Waals surface area contributed by atoms with Crippen LogP contribution in [0, 0.1) is 10.1 Å². The number of carbonyl (C=O) groups is 2. The van der Waals surface area contributed by atoms with Gasteiger partial charge in [-0.05, 0) is 40.9 Å². The van der Waals surface area contributed by atoms with E-state index in [1.165, 1.54) is 12.1 Å². The van der Waals surface area contributed by atoms with Crippen molar-refractivity contribution < 1.29 is 24.0 Å². The molecule has 0 aromatic heterocycles. The molecule has 5 rings (SSSR count). The molecular formula is C26H23N3O6S. The third-order valence-electron chi connectivity index (χ3n) is 6.04. The molecule has 10 heteroatoms. The normalized spacial score (nSPS) is 17.3. The Morgan fingerprint density at radius 3 is 2.64 bits per heavy atom. The third kappa shape index (κ3) is 4.91. The first kappa shape index (κ1) is 23.8. The van der Waals surface area contributed by atoms with Crippen LogP contribution in [-0.4, -0.2) is 60.4 Å². The fraction of sp³-hybridized carbons (Fsp3) is 0.231. The van der Waals surface area contributed by atoms with Crippen LogP contribution in [0.25, 0.3) is 16.8 Å². The van der Waals surface area contributed by atoms with Gasteiger partial charge in [0.2, 0.25) is 0 Å². The molecule has 0 unspecified atom stereocenters. The Labute approximate surface area is 211 Å². The number of nitrogens with zero attached hydrogens (tertiary/aromatic N) is 3. The first-order valence-corrected chi connectivity index (χ1v) is 12.3. The summed E-state index contributed by atoms with van der Waals surface area (Å²) >= 11 is 0.818. The van der Waals surface area contributed by atoms with E-state index in [1.54, 1.807) is 12.1 Å². The molecule has 0 N–H and O–H groups in total. The van der Waals surface area contributed by atoms with Crippen molar-refractivity contribution in [2.75, 3.05) is 44.4 Å². The summed E-state index contributed by atoms with van der Waals surface area (Å²) in [5.41, 5.74) is 0.948. The number of morpholine rings is 1. The van der Waals surface area contributed by atoms with Gasteiger partial charge in [0.25, 0.3) is 16.8 Å². The van der Waals surface area contributed by atoms with Crippen LogP contribution in [0.15, 0.2) is 65.6 Å². The second-order valence-corrected chi connectivity index (χ2v) is 9.26. The zero-order valence-corrected chi connectivity index (χ0v) is 20.1. The quantitative estimate of drug-likeness (QED) is 0.259. The minimum absolute atomic E-state index is 0.0478. The van der Waals surface area contributed by atoms with Crippen molar-refractivity contribution in [1.82, 2.24) is 4.90 Å². The van der Waals surface area contributed by atoms with Gasteiger partial charge in [0.1, 0.15) is 18.0 Å². The molecule has 2 aliphatic rings. The number of hydrogen-bond donors (Lipinski definition) is 0. The number of imide groups is 1. The lowest BCUT2D eigenvalue weighted by atomic mass is 10.1. The molecule has 0 bridgehead atoms. The van der Waals surface area contributed by atoms with Crippen molar-refractivity contribution in [1.29, 1.82) is 0 Å². The van der Waals surface area contributed by atoms with Crippen LogP contribution in [0.3, 0.4) is 0 Å². The molecule has 0 saturated carbocycles. The average molecular weight is 506 g/mol. The number of thioether (sulfide) groups is 1. The van der Waals surface area contributed by atoms with Crippen molar-refractivity contribution in [3.8, 4) is 5.75 Å². The first-order valence-electron chi connectivity index (χ1n) is 11.5. The molecule has 0 atom stereocenters. The van der Waals surface area contributed by atoms with E-state index in [2.05, 4.69) is 0 Å². The van der Waals surface area contributed by atoms with E-state index in [1.807, 2.05) is 47.4 Å². The van der Waals surface area contributed by atoms with Gasteiger partial charge >= 0.3 is 0 Å². The number of rotatable bonds is 7. The van der Waals surface area contributed by atoms with Gasteiger partial charge in [-0.25, -0.2) is 0 Å². The number of ether oxygens (including phenoxy) is 2. The summed E-state index contributed by atoms with van der Waals surface area (Å²) in [6, 6.07) is 18.4. The Morgan fingerprint density at radius 1 is 1.06 bits per heavy atom. The molecule has 0 spiro atoms. The maximum atomic E-state index is 12.9. The predicted molar refractivity (Wildman–Crippen MR) is 138 cm³/mol. The molecule has 2 heterocycles. The van der Waals surface area contributed by atoms with Gasteiger partial charge in [-0.3, -0.25) is 24.6 Å². The molecular weight excluding hydrogens is 482 g/mol. The number of nitro groups is 1. The minimum Gasteiger partial charge on any atom is -0.491 e. The van der Waals surface area contributed by atoms with Gasteiger partial charge in [-0.2, -0.15) is 0 Å². The Morgan fingerprint density at radius 2 is 1.83 bits per heavy atom. The standard InChI is InChI=1S/C26H23N3O6S/c30-25-24(17-18-8-9-21(22(16-18)29(32)33)27-10-13-34-14-11-27)36-26(31)28(25)12-15-35-23-7-3-5-19-4-1-2-6-20(19)23/h1-9,16-17H,10-15H2/b24-17-. The lowest BCUT2D eigenvalue weighted by Gasteiger charge is -2.28. The molecule has 184 valence electrons. The van der Waals surface area contributed by atoms with Crippen molar-refractivity contribution in [2.45, 2.75) is 0 Å². The highest BCUT2D eigenvalue weighted by Gasteiger charge is 2.35. The lowest BCUT2D eigenvalue weighted by Crippen LogP contribution is -2.36. The van der Waals surface area contributed by atoms with E-state index in [0.717, 1.165) is 27.4 Å². The zero-order valence-electron chi connectivity index (χ0n) is 19.3. The first-order chi connectivity index (χ1) is 17.5. The number of anilines is 1. The van der Waals surface area contributed by atoms with Crippen LogP contribution in [0.4, 0.5) is 16.2 Å². The van der Waals surface area contributed by atoms with Crippen molar-refractivity contribution in [2.24, 2.45) is 0 Å². The molecule has 9 nitrogen and oxygen atoms in total. The highest BCUT2D eigenvalue weighted by atomic mass is 32.2. The summed E-state index contributed by atoms with van der Waals surface area (Å²) in [5.74, 6) is 0.245. The fourth-order valence-electron chi connectivity index (χ4n) is 4.26. The fourth-order valence-corrected chi connectivity index (χ4v) is 5.13. The number of fused-ring (bicyclic) bond motifs is 1. The summed E-state index contributed by atoms with van der Waals surface area (Å²) in [4.78, 5) is 40.0. The topological polar surface area (TPSA) is 102 Å². The van der Waals surface area contributed by atoms with Crippen LogP contribution in [0.5, 0.6) is 5.75 Å². The zero-order chi connectivity index (χ0) is 25.1. The molecule has 2 fully saturated rings. The van der Waals surface area contributed by atoms with Gasteiger partial charge in [-0.15, -0.1) is 0 Å². The molecule has 36 heavy (non-hydrogen) atoms. The number of amides is 2. The summed E-state index contributed by atoms with van der Waals surface area (Å²) < 4.78 is 11.2. The Balaban J connectivity index is 1.28. The van der Waals surface area contributed by atoms with Crippen molar-refractivity contribution in [3.63, 3.8) is 0 Å². The second-order valence-electron chi connectivity index (χ2n) is 8.26. The maximum absolute atomic E-state index is 12.9. The highest BCUT2D eigenvalue weighted by Crippen LogP contribution is 2.35. The van der Waals surface area contributed by atoms with Crippen molar-refractivity contribution in [3.05, 3.63) is 81.2 Å². The second kappa shape index (κ2) is 10.4. The van der Waals surface area contributed by atoms with Crippen molar-refractivity contribution >= 4 is 51.1 Å².